The first-order chi connectivity index (χ1) is 14.8. The molecule has 0 saturated heterocycles. The predicted octanol–water partition coefficient (Wildman–Crippen LogP) is 8.88. The summed E-state index contributed by atoms with van der Waals surface area (Å²) in [6.45, 7) is 28.7. The molecular formula is C30H39N. The Morgan fingerprint density at radius 2 is 1.52 bits per heavy atom. The van der Waals surface area contributed by atoms with Gasteiger partial charge in [-0.3, -0.25) is 0 Å². The minimum absolute atomic E-state index is 0.200. The van der Waals surface area contributed by atoms with Crippen LogP contribution in [-0.2, 0) is 0 Å². The average Bonchev–Trinajstić information content (AvgIpc) is 2.79. The van der Waals surface area contributed by atoms with Gasteiger partial charge in [0, 0.05) is 23.9 Å². The summed E-state index contributed by atoms with van der Waals surface area (Å²) in [5.74, 6) is 0.664. The lowest BCUT2D eigenvalue weighted by atomic mass is 9.81. The molecular weight excluding hydrogens is 374 g/mol. The van der Waals surface area contributed by atoms with Crippen molar-refractivity contribution in [1.29, 1.82) is 0 Å². The maximum Gasteiger partial charge on any atom is 0.0338 e. The van der Waals surface area contributed by atoms with Gasteiger partial charge >= 0.3 is 0 Å². The van der Waals surface area contributed by atoms with E-state index in [9.17, 15) is 0 Å². The quantitative estimate of drug-likeness (QED) is 0.457. The van der Waals surface area contributed by atoms with Crippen LogP contribution in [0.2, 0.25) is 0 Å². The van der Waals surface area contributed by atoms with Gasteiger partial charge in [-0.15, -0.1) is 0 Å². The summed E-state index contributed by atoms with van der Waals surface area (Å²) in [7, 11) is 0. The van der Waals surface area contributed by atoms with Crippen LogP contribution in [0, 0.1) is 12.8 Å². The Morgan fingerprint density at radius 3 is 2.03 bits per heavy atom. The molecule has 1 heteroatoms. The maximum absolute atomic E-state index is 4.35. The second-order valence-corrected chi connectivity index (χ2v) is 8.15. The van der Waals surface area contributed by atoms with Crippen LogP contribution in [0.4, 0.5) is 0 Å². The number of fused-ring (bicyclic) bond motifs is 1. The Hall–Kier alpha value is -2.80. The first kappa shape index (κ1) is 24.5. The molecule has 0 radical (unpaired) electrons. The van der Waals surface area contributed by atoms with Gasteiger partial charge in [0.2, 0.25) is 0 Å². The van der Waals surface area contributed by atoms with Gasteiger partial charge in [-0.05, 0) is 70.5 Å². The number of benzene rings is 2. The molecule has 0 N–H and O–H groups in total. The lowest BCUT2D eigenvalue weighted by Gasteiger charge is -2.36. The minimum Gasteiger partial charge on any atom is -0.345 e. The summed E-state index contributed by atoms with van der Waals surface area (Å²) in [6.07, 6.45) is 8.56. The van der Waals surface area contributed by atoms with E-state index in [1.807, 2.05) is 26.0 Å². The van der Waals surface area contributed by atoms with E-state index < -0.39 is 0 Å². The van der Waals surface area contributed by atoms with Crippen LogP contribution < -0.4 is 0 Å². The Kier molecular flexibility index (Phi) is 8.28. The highest BCUT2D eigenvalue weighted by molar-refractivity contribution is 5.96. The van der Waals surface area contributed by atoms with E-state index in [1.54, 1.807) is 0 Å². The maximum atomic E-state index is 4.35. The second kappa shape index (κ2) is 10.5. The number of aryl methyl sites for hydroxylation is 1. The molecule has 1 aliphatic heterocycles. The molecule has 164 valence electrons. The third-order valence-corrected chi connectivity index (χ3v) is 6.18. The van der Waals surface area contributed by atoms with Gasteiger partial charge in [0.1, 0.15) is 0 Å². The van der Waals surface area contributed by atoms with Gasteiger partial charge in [0.05, 0.1) is 0 Å². The standard InChI is InChI=1S/C28H33N.C2H6/c1-9-23-20(7)25-14-12-13-15-26(25)28(24(23)10-2)21(8)27-17-22(18(4)5)16-19(6)29(27)11-3;1-2/h9-10,12-18,21H,1-2,6,11H2,3-5,7-8H3;1-2H3. The lowest BCUT2D eigenvalue weighted by Crippen LogP contribution is -2.27. The summed E-state index contributed by atoms with van der Waals surface area (Å²) < 4.78 is 0. The topological polar surface area (TPSA) is 3.24 Å². The summed E-state index contributed by atoms with van der Waals surface area (Å²) in [5.41, 5.74) is 8.65. The van der Waals surface area contributed by atoms with E-state index in [-0.39, 0.29) is 5.92 Å². The van der Waals surface area contributed by atoms with E-state index in [0.717, 1.165) is 12.2 Å². The predicted molar refractivity (Wildman–Crippen MR) is 141 cm³/mol. The molecule has 2 aromatic carbocycles. The molecule has 2 aromatic rings. The fraction of sp³-hybridized carbons (Fsp3) is 0.333. The molecule has 0 aromatic heterocycles. The molecule has 1 aliphatic rings. The lowest BCUT2D eigenvalue weighted by molar-refractivity contribution is 0.426. The summed E-state index contributed by atoms with van der Waals surface area (Å²) in [6, 6.07) is 8.70. The van der Waals surface area contributed by atoms with Gasteiger partial charge < -0.3 is 4.90 Å². The van der Waals surface area contributed by atoms with Crippen molar-refractivity contribution in [3.05, 3.63) is 95.4 Å². The molecule has 0 spiro atoms. The van der Waals surface area contributed by atoms with Crippen LogP contribution in [0.5, 0.6) is 0 Å². The minimum atomic E-state index is 0.200. The molecule has 1 heterocycles. The van der Waals surface area contributed by atoms with Crippen LogP contribution in [0.1, 0.15) is 69.7 Å². The Morgan fingerprint density at radius 1 is 0.935 bits per heavy atom. The van der Waals surface area contributed by atoms with Crippen molar-refractivity contribution in [3.63, 3.8) is 0 Å². The number of allylic oxidation sites excluding steroid dienone is 4. The summed E-state index contributed by atoms with van der Waals surface area (Å²) in [4.78, 5) is 2.34. The van der Waals surface area contributed by atoms with Crippen LogP contribution >= 0.6 is 0 Å². The van der Waals surface area contributed by atoms with Crippen molar-refractivity contribution in [2.24, 2.45) is 5.92 Å². The zero-order valence-corrected chi connectivity index (χ0v) is 20.5. The van der Waals surface area contributed by atoms with Crippen molar-refractivity contribution in [2.45, 2.75) is 54.4 Å². The highest BCUT2D eigenvalue weighted by Gasteiger charge is 2.27. The third kappa shape index (κ3) is 4.46. The SMILES string of the molecule is C=Cc1c(C=C)c(C(C)C2=CC(C(C)C)=CC(=C)N2CC)c2ccccc2c1C.CC. The Bertz CT molecular complexity index is 1050. The number of likely N-dealkylation sites (N-methyl/N-ethyl adjacent to an activating group) is 1. The number of rotatable bonds is 6. The van der Waals surface area contributed by atoms with Gasteiger partial charge in [-0.2, -0.15) is 0 Å². The van der Waals surface area contributed by atoms with Crippen molar-refractivity contribution in [2.75, 3.05) is 6.54 Å². The normalized spacial score (nSPS) is 14.6. The zero-order valence-electron chi connectivity index (χ0n) is 20.5. The largest absolute Gasteiger partial charge is 0.345 e. The van der Waals surface area contributed by atoms with E-state index in [2.05, 4.69) is 95.7 Å². The van der Waals surface area contributed by atoms with Crippen molar-refractivity contribution < 1.29 is 0 Å². The van der Waals surface area contributed by atoms with Crippen LogP contribution in [0.3, 0.4) is 0 Å². The van der Waals surface area contributed by atoms with Crippen LogP contribution in [0.15, 0.2) is 73.1 Å². The van der Waals surface area contributed by atoms with E-state index in [1.165, 1.54) is 44.3 Å². The molecule has 1 nitrogen and oxygen atoms in total. The molecule has 0 bridgehead atoms. The van der Waals surface area contributed by atoms with Gasteiger partial charge in [-0.1, -0.05) is 90.8 Å². The summed E-state index contributed by atoms with van der Waals surface area (Å²) in [5, 5.41) is 2.58. The third-order valence-electron chi connectivity index (χ3n) is 6.18. The van der Waals surface area contributed by atoms with Gasteiger partial charge in [0.25, 0.3) is 0 Å². The first-order valence-corrected chi connectivity index (χ1v) is 11.5. The van der Waals surface area contributed by atoms with E-state index in [0.29, 0.717) is 5.92 Å². The molecule has 0 saturated carbocycles. The molecule has 0 fully saturated rings. The molecule has 1 unspecified atom stereocenters. The highest BCUT2D eigenvalue weighted by atomic mass is 15.1. The molecule has 1 atom stereocenters. The Balaban J connectivity index is 0.00000166. The fourth-order valence-electron chi connectivity index (χ4n) is 4.58. The van der Waals surface area contributed by atoms with Crippen molar-refractivity contribution in [3.8, 4) is 0 Å². The first-order valence-electron chi connectivity index (χ1n) is 11.5. The molecule has 0 amide bonds. The molecule has 3 rings (SSSR count). The highest BCUT2D eigenvalue weighted by Crippen LogP contribution is 2.42. The van der Waals surface area contributed by atoms with E-state index >= 15 is 0 Å². The van der Waals surface area contributed by atoms with Crippen molar-refractivity contribution >= 4 is 22.9 Å². The smallest absolute Gasteiger partial charge is 0.0338 e. The van der Waals surface area contributed by atoms with Gasteiger partial charge in [-0.25, -0.2) is 0 Å². The average molecular weight is 414 g/mol. The Labute approximate surface area is 190 Å². The fourth-order valence-corrected chi connectivity index (χ4v) is 4.58. The zero-order chi connectivity index (χ0) is 23.3. The van der Waals surface area contributed by atoms with Crippen LogP contribution in [0.25, 0.3) is 22.9 Å². The van der Waals surface area contributed by atoms with Crippen molar-refractivity contribution in [1.82, 2.24) is 4.90 Å². The van der Waals surface area contributed by atoms with Gasteiger partial charge in [0.15, 0.2) is 0 Å². The molecule has 31 heavy (non-hydrogen) atoms. The number of nitrogens with zero attached hydrogens (tertiary/aromatic N) is 1. The summed E-state index contributed by atoms with van der Waals surface area (Å²) >= 11 is 0. The monoisotopic (exact) mass is 413 g/mol. The molecule has 0 aliphatic carbocycles. The number of hydrogen-bond acceptors (Lipinski definition) is 1. The number of hydrogen-bond donors (Lipinski definition) is 0. The second-order valence-electron chi connectivity index (χ2n) is 8.15. The van der Waals surface area contributed by atoms with Crippen LogP contribution in [-0.4, -0.2) is 11.4 Å². The van der Waals surface area contributed by atoms with E-state index in [4.69, 9.17) is 0 Å².